The van der Waals surface area contributed by atoms with Crippen LogP contribution >= 0.6 is 0 Å². The number of hydrogen-bond donors (Lipinski definition) is 1. The van der Waals surface area contributed by atoms with Gasteiger partial charge < -0.3 is 5.11 Å². The predicted octanol–water partition coefficient (Wildman–Crippen LogP) is 3.88. The SMILES string of the molecule is CC[C@@H]1CCC2=NN(C(=O)c3ccc(C)cc3)[C@@](O)(C(F)(F)F)[C@@H]2C1. The normalized spacial score (nSPS) is 29.4. The van der Waals surface area contributed by atoms with Crippen molar-refractivity contribution in [1.82, 2.24) is 5.01 Å². The third-order valence-corrected chi connectivity index (χ3v) is 5.30. The van der Waals surface area contributed by atoms with E-state index < -0.39 is 23.7 Å². The van der Waals surface area contributed by atoms with Crippen molar-refractivity contribution in [3.05, 3.63) is 35.4 Å². The zero-order chi connectivity index (χ0) is 18.4. The topological polar surface area (TPSA) is 52.9 Å². The van der Waals surface area contributed by atoms with Crippen LogP contribution in [0.1, 0.15) is 48.5 Å². The van der Waals surface area contributed by atoms with Crippen LogP contribution in [0.4, 0.5) is 13.2 Å². The summed E-state index contributed by atoms with van der Waals surface area (Å²) in [6, 6.07) is 6.18. The van der Waals surface area contributed by atoms with Crippen molar-refractivity contribution in [3.8, 4) is 0 Å². The summed E-state index contributed by atoms with van der Waals surface area (Å²) in [7, 11) is 0. The molecule has 1 fully saturated rings. The molecule has 25 heavy (non-hydrogen) atoms. The standard InChI is InChI=1S/C18H21F3N2O2/c1-3-12-6-9-15-14(10-12)17(25,18(19,20)21)23(22-15)16(24)13-7-4-11(2)5-8-13/h4-5,7-8,12,14,25H,3,6,9-10H2,1-2H3/t12-,14-,17+/m1/s1. The second kappa shape index (κ2) is 6.12. The van der Waals surface area contributed by atoms with Crippen molar-refractivity contribution in [3.63, 3.8) is 0 Å². The number of hydrazone groups is 1. The van der Waals surface area contributed by atoms with E-state index in [-0.39, 0.29) is 28.6 Å². The summed E-state index contributed by atoms with van der Waals surface area (Å²) >= 11 is 0. The van der Waals surface area contributed by atoms with Crippen molar-refractivity contribution < 1.29 is 23.1 Å². The number of rotatable bonds is 2. The van der Waals surface area contributed by atoms with Gasteiger partial charge in [-0.3, -0.25) is 4.79 Å². The van der Waals surface area contributed by atoms with E-state index in [1.54, 1.807) is 12.1 Å². The maximum absolute atomic E-state index is 13.8. The Labute approximate surface area is 144 Å². The molecule has 0 aromatic heterocycles. The Hall–Kier alpha value is -1.89. The van der Waals surface area contributed by atoms with E-state index in [9.17, 15) is 23.1 Å². The van der Waals surface area contributed by atoms with E-state index in [1.807, 2.05) is 13.8 Å². The molecule has 0 saturated heterocycles. The smallest absolute Gasteiger partial charge is 0.362 e. The lowest BCUT2D eigenvalue weighted by molar-refractivity contribution is -0.313. The van der Waals surface area contributed by atoms with Crippen molar-refractivity contribution >= 4 is 11.6 Å². The molecule has 0 spiro atoms. The van der Waals surface area contributed by atoms with E-state index in [2.05, 4.69) is 5.10 Å². The molecule has 0 unspecified atom stereocenters. The lowest BCUT2D eigenvalue weighted by Crippen LogP contribution is -2.61. The van der Waals surface area contributed by atoms with Gasteiger partial charge in [0.05, 0.1) is 5.92 Å². The minimum absolute atomic E-state index is 0.0725. The summed E-state index contributed by atoms with van der Waals surface area (Å²) in [6.45, 7) is 3.74. The summed E-state index contributed by atoms with van der Waals surface area (Å²) < 4.78 is 41.5. The molecule has 0 bridgehead atoms. The Bertz CT molecular complexity index is 699. The molecule has 1 aliphatic heterocycles. The van der Waals surface area contributed by atoms with Crippen LogP contribution in [0.25, 0.3) is 0 Å². The fourth-order valence-electron chi connectivity index (χ4n) is 3.69. The Kier molecular flexibility index (Phi) is 4.39. The number of fused-ring (bicyclic) bond motifs is 1. The fourth-order valence-corrected chi connectivity index (χ4v) is 3.69. The van der Waals surface area contributed by atoms with Crippen molar-refractivity contribution in [1.29, 1.82) is 0 Å². The van der Waals surface area contributed by atoms with E-state index in [4.69, 9.17) is 0 Å². The first-order valence-corrected chi connectivity index (χ1v) is 8.46. The second-order valence-electron chi connectivity index (χ2n) is 6.90. The van der Waals surface area contributed by atoms with Crippen LogP contribution in [0.3, 0.4) is 0 Å². The van der Waals surface area contributed by atoms with Crippen molar-refractivity contribution in [2.24, 2.45) is 16.9 Å². The summed E-state index contributed by atoms with van der Waals surface area (Å²) in [4.78, 5) is 12.7. The number of alkyl halides is 3. The first-order chi connectivity index (χ1) is 11.7. The molecule has 136 valence electrons. The van der Waals surface area contributed by atoms with Gasteiger partial charge >= 0.3 is 6.18 Å². The average molecular weight is 354 g/mol. The van der Waals surface area contributed by atoms with Crippen LogP contribution in [0.5, 0.6) is 0 Å². The Morgan fingerprint density at radius 2 is 2.00 bits per heavy atom. The van der Waals surface area contributed by atoms with Crippen molar-refractivity contribution in [2.75, 3.05) is 0 Å². The highest BCUT2D eigenvalue weighted by atomic mass is 19.4. The van der Waals surface area contributed by atoms with Gasteiger partial charge in [0, 0.05) is 11.3 Å². The lowest BCUT2D eigenvalue weighted by atomic mass is 9.74. The van der Waals surface area contributed by atoms with Gasteiger partial charge in [-0.05, 0) is 44.2 Å². The first kappa shape index (κ1) is 17.9. The zero-order valence-electron chi connectivity index (χ0n) is 14.2. The highest BCUT2D eigenvalue weighted by molar-refractivity contribution is 5.99. The molecule has 4 nitrogen and oxygen atoms in total. The largest absolute Gasteiger partial charge is 0.439 e. The van der Waals surface area contributed by atoms with Gasteiger partial charge in [-0.25, -0.2) is 0 Å². The van der Waals surface area contributed by atoms with Gasteiger partial charge in [0.25, 0.3) is 11.6 Å². The summed E-state index contributed by atoms with van der Waals surface area (Å²) in [5.74, 6) is -2.04. The highest BCUT2D eigenvalue weighted by Gasteiger charge is 2.68. The monoisotopic (exact) mass is 354 g/mol. The van der Waals surface area contributed by atoms with Crippen LogP contribution in [0, 0.1) is 18.8 Å². The molecule has 1 amide bonds. The van der Waals surface area contributed by atoms with Crippen LogP contribution in [0.2, 0.25) is 0 Å². The van der Waals surface area contributed by atoms with E-state index >= 15 is 0 Å². The van der Waals surface area contributed by atoms with Gasteiger partial charge in [0.15, 0.2) is 0 Å². The van der Waals surface area contributed by atoms with E-state index in [0.29, 0.717) is 6.42 Å². The molecule has 7 heteroatoms. The number of hydrogen-bond acceptors (Lipinski definition) is 3. The number of carbonyl (C=O) groups is 1. The number of nitrogens with zero attached hydrogens (tertiary/aromatic N) is 2. The van der Waals surface area contributed by atoms with Crippen molar-refractivity contribution in [2.45, 2.75) is 51.4 Å². The summed E-state index contributed by atoms with van der Waals surface area (Å²) in [5.41, 5.74) is -2.05. The average Bonchev–Trinajstić information content (AvgIpc) is 2.88. The number of carbonyl (C=O) groups excluding carboxylic acids is 1. The zero-order valence-corrected chi connectivity index (χ0v) is 14.2. The van der Waals surface area contributed by atoms with Crippen LogP contribution in [0.15, 0.2) is 29.4 Å². The molecular formula is C18H21F3N2O2. The minimum Gasteiger partial charge on any atom is -0.362 e. The number of halogens is 3. The second-order valence-corrected chi connectivity index (χ2v) is 6.90. The molecule has 3 rings (SSSR count). The van der Waals surface area contributed by atoms with Gasteiger partial charge in [-0.15, -0.1) is 0 Å². The number of aliphatic hydroxyl groups is 1. The first-order valence-electron chi connectivity index (χ1n) is 8.46. The molecule has 1 heterocycles. The number of benzene rings is 1. The molecule has 1 aliphatic carbocycles. The number of amides is 1. The van der Waals surface area contributed by atoms with Gasteiger partial charge in [-0.2, -0.15) is 23.3 Å². The van der Waals surface area contributed by atoms with Gasteiger partial charge in [0.1, 0.15) is 0 Å². The van der Waals surface area contributed by atoms with Crippen LogP contribution in [-0.2, 0) is 0 Å². The van der Waals surface area contributed by atoms with Gasteiger partial charge in [0.2, 0.25) is 0 Å². The van der Waals surface area contributed by atoms with Crippen LogP contribution < -0.4 is 0 Å². The minimum atomic E-state index is -4.99. The molecular weight excluding hydrogens is 333 g/mol. The quantitative estimate of drug-likeness (QED) is 0.876. The van der Waals surface area contributed by atoms with Crippen LogP contribution in [-0.4, -0.2) is 33.6 Å². The molecule has 1 saturated carbocycles. The third kappa shape index (κ3) is 2.84. The molecule has 1 N–H and O–H groups in total. The van der Waals surface area contributed by atoms with E-state index in [1.165, 1.54) is 12.1 Å². The van der Waals surface area contributed by atoms with E-state index in [0.717, 1.165) is 18.4 Å². The molecule has 1 aromatic carbocycles. The Morgan fingerprint density at radius 3 is 2.56 bits per heavy atom. The maximum atomic E-state index is 13.8. The fraction of sp³-hybridized carbons (Fsp3) is 0.556. The summed E-state index contributed by atoms with van der Waals surface area (Å²) in [6.07, 6.45) is -2.96. The Morgan fingerprint density at radius 1 is 1.36 bits per heavy atom. The predicted molar refractivity (Wildman–Crippen MR) is 86.9 cm³/mol. The Balaban J connectivity index is 2.01. The number of aryl methyl sites for hydroxylation is 1. The molecule has 1 aromatic rings. The highest BCUT2D eigenvalue weighted by Crippen LogP contribution is 2.49. The molecule has 2 aliphatic rings. The molecule has 3 atom stereocenters. The lowest BCUT2D eigenvalue weighted by Gasteiger charge is -2.39. The maximum Gasteiger partial charge on any atom is 0.439 e. The third-order valence-electron chi connectivity index (χ3n) is 5.30. The molecule has 0 radical (unpaired) electrons. The summed E-state index contributed by atoms with van der Waals surface area (Å²) in [5, 5.41) is 14.8. The van der Waals surface area contributed by atoms with Gasteiger partial charge in [-0.1, -0.05) is 31.0 Å².